The van der Waals surface area contributed by atoms with E-state index in [9.17, 15) is 4.79 Å². The van der Waals surface area contributed by atoms with Gasteiger partial charge in [-0.25, -0.2) is 9.42 Å². The van der Waals surface area contributed by atoms with Crippen molar-refractivity contribution < 1.29 is 9.42 Å². The lowest BCUT2D eigenvalue weighted by atomic mass is 10.7. The Morgan fingerprint density at radius 1 is 1.89 bits per heavy atom. The molecule has 3 N–H and O–H groups in total. The summed E-state index contributed by atoms with van der Waals surface area (Å²) >= 11 is 0. The van der Waals surface area contributed by atoms with Gasteiger partial charge in [0.05, 0.1) is 0 Å². The smallest absolute Gasteiger partial charge is 0.317 e. The van der Waals surface area contributed by atoms with Crippen LogP contribution in [-0.2, 0) is 0 Å². The van der Waals surface area contributed by atoms with Crippen LogP contribution in [0.15, 0.2) is 10.8 Å². The third kappa shape index (κ3) is 1.41. The molecule has 0 bridgehead atoms. The van der Waals surface area contributed by atoms with E-state index in [1.54, 1.807) is 0 Å². The van der Waals surface area contributed by atoms with Gasteiger partial charge in [0.15, 0.2) is 5.82 Å². The number of anilines is 1. The summed E-state index contributed by atoms with van der Waals surface area (Å²) in [5, 5.41) is 8.63. The van der Waals surface area contributed by atoms with Crippen molar-refractivity contribution >= 4 is 11.8 Å². The van der Waals surface area contributed by atoms with Gasteiger partial charge in [-0.1, -0.05) is 5.16 Å². The number of rotatable bonds is 1. The Hall–Kier alpha value is -1.59. The molecule has 0 atom stereocenters. The summed E-state index contributed by atoms with van der Waals surface area (Å²) < 4.78 is 4.15. The Morgan fingerprint density at radius 3 is 3.11 bits per heavy atom. The number of amides is 2. The molecular weight excluding hydrogens is 124 g/mol. The van der Waals surface area contributed by atoms with E-state index in [-0.39, 0.29) is 5.82 Å². The van der Waals surface area contributed by atoms with Gasteiger partial charge in [0.2, 0.25) is 0 Å². The number of carbonyl (C=O) groups excluding carboxylic acids is 1. The van der Waals surface area contributed by atoms with Crippen LogP contribution in [0.25, 0.3) is 0 Å². The number of carbonyl (C=O) groups is 1. The molecule has 1 aromatic rings. The number of nitrogens with two attached hydrogens (primary N) is 1. The molecule has 1 aromatic heterocycles. The minimum atomic E-state index is -0.689. The fourth-order valence-corrected chi connectivity index (χ4v) is 0.346. The van der Waals surface area contributed by atoms with Crippen LogP contribution < -0.4 is 11.1 Å². The highest BCUT2D eigenvalue weighted by molar-refractivity contribution is 5.86. The molecule has 0 saturated carbocycles. The highest BCUT2D eigenvalue weighted by atomic mass is 16.6. The molecule has 0 saturated heterocycles. The summed E-state index contributed by atoms with van der Waals surface area (Å²) in [4.78, 5) is 10.1. The second-order valence-corrected chi connectivity index (χ2v) is 1.28. The zero-order valence-corrected chi connectivity index (χ0v) is 4.37. The predicted molar refractivity (Wildman–Crippen MR) is 27.5 cm³/mol. The fourth-order valence-electron chi connectivity index (χ4n) is 0.346. The lowest BCUT2D eigenvalue weighted by Gasteiger charge is -1.88. The molecule has 1 rings (SSSR count). The Morgan fingerprint density at radius 2 is 2.67 bits per heavy atom. The number of aromatic nitrogens is 2. The lowest BCUT2D eigenvalue weighted by Crippen LogP contribution is -2.19. The molecule has 0 aliphatic carbocycles. The number of urea groups is 1. The van der Waals surface area contributed by atoms with Crippen molar-refractivity contribution in [2.45, 2.75) is 0 Å². The molecule has 0 aliphatic heterocycles. The molecular formula is C3H4N4O2. The van der Waals surface area contributed by atoms with Gasteiger partial charge in [0.25, 0.3) is 0 Å². The number of nitrogens with one attached hydrogen (secondary N) is 1. The number of primary amides is 1. The largest absolute Gasteiger partial charge is 0.351 e. The summed E-state index contributed by atoms with van der Waals surface area (Å²) in [5.41, 5.74) is 4.72. The topological polar surface area (TPSA) is 94.0 Å². The van der Waals surface area contributed by atoms with Crippen LogP contribution in [0.2, 0.25) is 0 Å². The Labute approximate surface area is 50.0 Å². The van der Waals surface area contributed by atoms with E-state index in [1.807, 2.05) is 0 Å². The van der Waals surface area contributed by atoms with Crippen LogP contribution in [0.1, 0.15) is 0 Å². The maximum atomic E-state index is 10.1. The summed E-state index contributed by atoms with van der Waals surface area (Å²) in [6, 6.07) is -0.689. The molecule has 0 unspecified atom stereocenters. The van der Waals surface area contributed by atoms with Crippen molar-refractivity contribution in [3.05, 3.63) is 6.20 Å². The minimum absolute atomic E-state index is 0.211. The van der Waals surface area contributed by atoms with Gasteiger partial charge >= 0.3 is 6.03 Å². The van der Waals surface area contributed by atoms with Crippen molar-refractivity contribution in [3.63, 3.8) is 0 Å². The molecule has 6 heteroatoms. The van der Waals surface area contributed by atoms with Crippen LogP contribution >= 0.6 is 0 Å². The van der Waals surface area contributed by atoms with E-state index in [1.165, 1.54) is 6.20 Å². The number of hydrogen-bond donors (Lipinski definition) is 2. The first-order valence-corrected chi connectivity index (χ1v) is 2.13. The van der Waals surface area contributed by atoms with E-state index < -0.39 is 6.03 Å². The summed E-state index contributed by atoms with van der Waals surface area (Å²) in [6.45, 7) is 0. The standard InChI is InChI=1S/C3H4N4O2/c4-3(8)6-2-1-5-9-7-2/h1H,(H3,4,6,7,8). The van der Waals surface area contributed by atoms with Crippen LogP contribution in [-0.4, -0.2) is 16.3 Å². The quantitative estimate of drug-likeness (QED) is 0.536. The first-order valence-electron chi connectivity index (χ1n) is 2.13. The number of hydrogen-bond acceptors (Lipinski definition) is 4. The molecule has 9 heavy (non-hydrogen) atoms. The zero-order chi connectivity index (χ0) is 6.69. The molecule has 0 fully saturated rings. The van der Waals surface area contributed by atoms with Gasteiger partial charge in [0.1, 0.15) is 6.20 Å². The summed E-state index contributed by atoms with van der Waals surface area (Å²) in [6.07, 6.45) is 1.24. The monoisotopic (exact) mass is 128 g/mol. The van der Waals surface area contributed by atoms with E-state index in [0.717, 1.165) is 0 Å². The van der Waals surface area contributed by atoms with Gasteiger partial charge in [-0.2, -0.15) is 0 Å². The van der Waals surface area contributed by atoms with Crippen molar-refractivity contribution in [1.29, 1.82) is 0 Å². The van der Waals surface area contributed by atoms with Crippen molar-refractivity contribution in [2.75, 3.05) is 5.32 Å². The zero-order valence-electron chi connectivity index (χ0n) is 4.37. The van der Waals surface area contributed by atoms with Gasteiger partial charge < -0.3 is 5.73 Å². The van der Waals surface area contributed by atoms with Gasteiger partial charge in [-0.3, -0.25) is 5.32 Å². The van der Waals surface area contributed by atoms with Crippen molar-refractivity contribution in [2.24, 2.45) is 5.73 Å². The van der Waals surface area contributed by atoms with E-state index in [2.05, 4.69) is 20.3 Å². The second-order valence-electron chi connectivity index (χ2n) is 1.28. The Kier molecular flexibility index (Phi) is 1.31. The van der Waals surface area contributed by atoms with E-state index >= 15 is 0 Å². The first kappa shape index (κ1) is 5.54. The molecule has 0 aromatic carbocycles. The van der Waals surface area contributed by atoms with Crippen molar-refractivity contribution in [1.82, 2.24) is 10.3 Å². The average Bonchev–Trinajstić information content (AvgIpc) is 2.15. The normalized spacial score (nSPS) is 8.89. The molecule has 0 radical (unpaired) electrons. The van der Waals surface area contributed by atoms with Crippen LogP contribution in [0, 0.1) is 0 Å². The molecule has 2 amide bonds. The van der Waals surface area contributed by atoms with E-state index in [0.29, 0.717) is 0 Å². The highest BCUT2D eigenvalue weighted by Gasteiger charge is 1.97. The second kappa shape index (κ2) is 2.12. The first-order chi connectivity index (χ1) is 4.29. The Bertz CT molecular complexity index is 194. The van der Waals surface area contributed by atoms with Crippen LogP contribution in [0.4, 0.5) is 10.6 Å². The highest BCUT2D eigenvalue weighted by Crippen LogP contribution is 1.94. The van der Waals surface area contributed by atoms with Crippen LogP contribution in [0.5, 0.6) is 0 Å². The maximum absolute atomic E-state index is 10.1. The predicted octanol–water partition coefficient (Wildman–Crippen LogP) is -0.440. The van der Waals surface area contributed by atoms with Crippen LogP contribution in [0.3, 0.4) is 0 Å². The van der Waals surface area contributed by atoms with Gasteiger partial charge in [-0.05, 0) is 5.16 Å². The van der Waals surface area contributed by atoms with Gasteiger partial charge in [0, 0.05) is 0 Å². The molecule has 0 spiro atoms. The third-order valence-corrected chi connectivity index (χ3v) is 0.613. The molecule has 6 nitrogen and oxygen atoms in total. The summed E-state index contributed by atoms with van der Waals surface area (Å²) in [7, 11) is 0. The summed E-state index contributed by atoms with van der Waals surface area (Å²) in [5.74, 6) is 0.211. The fraction of sp³-hybridized carbons (Fsp3) is 0. The van der Waals surface area contributed by atoms with Gasteiger partial charge in [-0.15, -0.1) is 0 Å². The molecule has 48 valence electrons. The average molecular weight is 128 g/mol. The molecule has 1 heterocycles. The minimum Gasteiger partial charge on any atom is -0.351 e. The SMILES string of the molecule is NC(=O)Nc1cnon1. The number of nitrogens with zero attached hydrogens (tertiary/aromatic N) is 2. The molecule has 0 aliphatic rings. The Balaban J connectivity index is 2.58. The lowest BCUT2D eigenvalue weighted by molar-refractivity contribution is 0.259. The maximum Gasteiger partial charge on any atom is 0.317 e. The van der Waals surface area contributed by atoms with E-state index in [4.69, 9.17) is 5.73 Å². The third-order valence-electron chi connectivity index (χ3n) is 0.613. The van der Waals surface area contributed by atoms with Crippen molar-refractivity contribution in [3.8, 4) is 0 Å².